The molecule has 64 heavy (non-hydrogen) atoms. The van der Waals surface area contributed by atoms with Gasteiger partial charge in [0.1, 0.15) is 19.8 Å². The molecule has 0 radical (unpaired) electrons. The first-order valence-corrected chi connectivity index (χ1v) is 28.2. The molecule has 0 aromatic carbocycles. The molecule has 10 heteroatoms. The van der Waals surface area contributed by atoms with Crippen LogP contribution in [-0.2, 0) is 32.7 Å². The summed E-state index contributed by atoms with van der Waals surface area (Å²) in [6, 6.07) is 0. The lowest BCUT2D eigenvalue weighted by Gasteiger charge is -2.24. The molecule has 9 nitrogen and oxygen atoms in total. The largest absolute Gasteiger partial charge is 0.472 e. The van der Waals surface area contributed by atoms with Gasteiger partial charge in [-0.1, -0.05) is 217 Å². The summed E-state index contributed by atoms with van der Waals surface area (Å²) in [4.78, 5) is 35.6. The fourth-order valence-corrected chi connectivity index (χ4v) is 8.24. The van der Waals surface area contributed by atoms with Gasteiger partial charge in [0.15, 0.2) is 6.10 Å². The number of carbonyl (C=O) groups excluding carboxylic acids is 2. The third-order valence-electron chi connectivity index (χ3n) is 11.7. The first kappa shape index (κ1) is 62.2. The first-order chi connectivity index (χ1) is 31.0. The molecule has 376 valence electrons. The number of esters is 2. The van der Waals surface area contributed by atoms with Crippen molar-refractivity contribution in [1.82, 2.24) is 0 Å². The van der Waals surface area contributed by atoms with Gasteiger partial charge in [0, 0.05) is 12.8 Å². The molecule has 0 saturated heterocycles. The Balaban J connectivity index is 4.22. The van der Waals surface area contributed by atoms with E-state index in [1.807, 2.05) is 21.1 Å². The highest BCUT2D eigenvalue weighted by molar-refractivity contribution is 7.47. The van der Waals surface area contributed by atoms with Crippen LogP contribution in [0.1, 0.15) is 245 Å². The molecule has 0 bridgehead atoms. The third kappa shape index (κ3) is 49.7. The summed E-state index contributed by atoms with van der Waals surface area (Å²) in [5.41, 5.74) is 0. The van der Waals surface area contributed by atoms with E-state index in [4.69, 9.17) is 18.5 Å². The molecule has 0 aliphatic carbocycles. The van der Waals surface area contributed by atoms with Crippen LogP contribution in [0.4, 0.5) is 0 Å². The second-order valence-corrected chi connectivity index (χ2v) is 20.7. The minimum Gasteiger partial charge on any atom is -0.462 e. The van der Waals surface area contributed by atoms with Gasteiger partial charge in [-0.05, 0) is 51.4 Å². The fourth-order valence-electron chi connectivity index (χ4n) is 7.49. The normalized spacial score (nSPS) is 13.7. The summed E-state index contributed by atoms with van der Waals surface area (Å²) in [5.74, 6) is -0.802. The van der Waals surface area contributed by atoms with Gasteiger partial charge < -0.3 is 18.9 Å². The van der Waals surface area contributed by atoms with Gasteiger partial charge in [-0.25, -0.2) is 4.57 Å². The van der Waals surface area contributed by atoms with E-state index in [2.05, 4.69) is 50.3 Å². The van der Waals surface area contributed by atoms with Crippen LogP contribution in [0.2, 0.25) is 0 Å². The minimum atomic E-state index is -4.38. The molecule has 1 N–H and O–H groups in total. The number of nitrogens with zero attached hydrogens (tertiary/aromatic N) is 1. The number of allylic oxidation sites excluding steroid dienone is 6. The van der Waals surface area contributed by atoms with Gasteiger partial charge in [0.25, 0.3) is 0 Å². The van der Waals surface area contributed by atoms with Gasteiger partial charge in [0.2, 0.25) is 0 Å². The van der Waals surface area contributed by atoms with E-state index in [0.29, 0.717) is 17.4 Å². The van der Waals surface area contributed by atoms with Crippen molar-refractivity contribution < 1.29 is 42.1 Å². The summed E-state index contributed by atoms with van der Waals surface area (Å²) in [6.45, 7) is 4.42. The number of phosphoric ester groups is 1. The second-order valence-electron chi connectivity index (χ2n) is 19.3. The molecular formula is C54H103NO8P+. The summed E-state index contributed by atoms with van der Waals surface area (Å²) in [6.07, 6.45) is 54.8. The molecule has 0 saturated carbocycles. The number of unbranched alkanes of at least 4 members (excludes halogenated alkanes) is 29. The number of hydrogen-bond donors (Lipinski definition) is 1. The molecular weight excluding hydrogens is 822 g/mol. The van der Waals surface area contributed by atoms with Gasteiger partial charge in [-0.2, -0.15) is 0 Å². The Morgan fingerprint density at radius 3 is 1.28 bits per heavy atom. The van der Waals surface area contributed by atoms with E-state index in [1.54, 1.807) is 0 Å². The summed E-state index contributed by atoms with van der Waals surface area (Å²) in [7, 11) is 1.47. The van der Waals surface area contributed by atoms with Crippen LogP contribution in [0, 0.1) is 0 Å². The molecule has 0 aliphatic heterocycles. The maximum Gasteiger partial charge on any atom is 0.472 e. The van der Waals surface area contributed by atoms with Crippen molar-refractivity contribution in [3.05, 3.63) is 36.5 Å². The second kappa shape index (κ2) is 46.3. The topological polar surface area (TPSA) is 108 Å². The van der Waals surface area contributed by atoms with Gasteiger partial charge in [0.05, 0.1) is 27.7 Å². The Hall–Kier alpha value is -1.77. The van der Waals surface area contributed by atoms with Crippen molar-refractivity contribution in [2.45, 2.75) is 251 Å². The standard InChI is InChI=1S/C54H102NO8P/c1-6-8-10-12-14-16-18-20-22-24-26-27-29-30-32-34-36-38-40-42-44-46-53(56)60-50-52(51-62-64(58,59)61-49-48-55(3,4)5)63-54(57)47-45-43-41-39-37-35-33-31-28-25-23-21-19-17-15-13-11-9-7-2/h15,17,21,23,28,31,52H,6-14,16,18-20,22,24-27,29-30,32-51H2,1-5H3/p+1/b17-15-,23-21-,31-28-. The van der Waals surface area contributed by atoms with E-state index in [0.717, 1.165) is 70.6 Å². The smallest absolute Gasteiger partial charge is 0.462 e. The Kier molecular flexibility index (Phi) is 45.1. The highest BCUT2D eigenvalue weighted by Crippen LogP contribution is 2.43. The van der Waals surface area contributed by atoms with Crippen molar-refractivity contribution in [2.24, 2.45) is 0 Å². The first-order valence-electron chi connectivity index (χ1n) is 26.7. The van der Waals surface area contributed by atoms with Crippen molar-refractivity contribution in [3.8, 4) is 0 Å². The predicted octanol–water partition coefficient (Wildman–Crippen LogP) is 16.0. The van der Waals surface area contributed by atoms with Gasteiger partial charge in [-0.3, -0.25) is 18.6 Å². The average Bonchev–Trinajstić information content (AvgIpc) is 3.25. The summed E-state index contributed by atoms with van der Waals surface area (Å²) in [5, 5.41) is 0. The third-order valence-corrected chi connectivity index (χ3v) is 12.7. The maximum atomic E-state index is 12.8. The number of carbonyl (C=O) groups is 2. The molecule has 0 aromatic heterocycles. The number of hydrogen-bond acceptors (Lipinski definition) is 7. The van der Waals surface area contributed by atoms with Crippen LogP contribution in [0.3, 0.4) is 0 Å². The van der Waals surface area contributed by atoms with Crippen LogP contribution in [-0.4, -0.2) is 74.9 Å². The lowest BCUT2D eigenvalue weighted by atomic mass is 10.0. The lowest BCUT2D eigenvalue weighted by molar-refractivity contribution is -0.870. The molecule has 0 fully saturated rings. The Labute approximate surface area is 395 Å². The lowest BCUT2D eigenvalue weighted by Crippen LogP contribution is -2.37. The maximum absolute atomic E-state index is 12.8. The van der Waals surface area contributed by atoms with Crippen molar-refractivity contribution in [3.63, 3.8) is 0 Å². The molecule has 0 aromatic rings. The van der Waals surface area contributed by atoms with E-state index in [9.17, 15) is 19.0 Å². The molecule has 0 amide bonds. The van der Waals surface area contributed by atoms with E-state index >= 15 is 0 Å². The molecule has 2 atom stereocenters. The SMILES string of the molecule is CCCCC/C=C\C/C=C\C/C=C\CCCCCCCCC(=O)OC(COC(=O)CCCCCCCCCCCCCCCCCCCCCCC)COP(=O)(O)OCC[N+](C)(C)C. The highest BCUT2D eigenvalue weighted by atomic mass is 31.2. The summed E-state index contributed by atoms with van der Waals surface area (Å²) >= 11 is 0. The molecule has 2 unspecified atom stereocenters. The molecule has 0 aliphatic rings. The predicted molar refractivity (Wildman–Crippen MR) is 270 cm³/mol. The zero-order chi connectivity index (χ0) is 47.1. The monoisotopic (exact) mass is 925 g/mol. The minimum absolute atomic E-state index is 0.0299. The van der Waals surface area contributed by atoms with Gasteiger partial charge >= 0.3 is 19.8 Å². The van der Waals surface area contributed by atoms with Crippen molar-refractivity contribution in [2.75, 3.05) is 47.5 Å². The van der Waals surface area contributed by atoms with Crippen LogP contribution < -0.4 is 0 Å². The number of phosphoric acid groups is 1. The van der Waals surface area contributed by atoms with Crippen LogP contribution in [0.5, 0.6) is 0 Å². The van der Waals surface area contributed by atoms with Crippen LogP contribution in [0.25, 0.3) is 0 Å². The summed E-state index contributed by atoms with van der Waals surface area (Å²) < 4.78 is 34.5. The molecule has 0 heterocycles. The Bertz CT molecular complexity index is 1180. The number of rotatable bonds is 49. The van der Waals surface area contributed by atoms with E-state index in [1.165, 1.54) is 141 Å². The quantitative estimate of drug-likeness (QED) is 0.0211. The Morgan fingerprint density at radius 1 is 0.484 bits per heavy atom. The Morgan fingerprint density at radius 2 is 0.844 bits per heavy atom. The van der Waals surface area contributed by atoms with Gasteiger partial charge in [-0.15, -0.1) is 0 Å². The van der Waals surface area contributed by atoms with Crippen LogP contribution in [0.15, 0.2) is 36.5 Å². The van der Waals surface area contributed by atoms with E-state index in [-0.39, 0.29) is 32.0 Å². The van der Waals surface area contributed by atoms with Crippen molar-refractivity contribution in [1.29, 1.82) is 0 Å². The van der Waals surface area contributed by atoms with Crippen molar-refractivity contribution >= 4 is 19.8 Å². The molecule has 0 rings (SSSR count). The number of quaternary nitrogens is 1. The average molecular weight is 925 g/mol. The van der Waals surface area contributed by atoms with Crippen LogP contribution >= 0.6 is 7.82 Å². The van der Waals surface area contributed by atoms with E-state index < -0.39 is 26.5 Å². The number of likely N-dealkylation sites (N-methyl/N-ethyl adjacent to an activating group) is 1. The number of ether oxygens (including phenoxy) is 2. The zero-order valence-electron chi connectivity index (χ0n) is 42.5. The fraction of sp³-hybridized carbons (Fsp3) is 0.852. The zero-order valence-corrected chi connectivity index (χ0v) is 43.4. The highest BCUT2D eigenvalue weighted by Gasteiger charge is 2.27. The molecule has 0 spiro atoms.